The number of hydrogen-bond acceptors (Lipinski definition) is 5. The van der Waals surface area contributed by atoms with Gasteiger partial charge in [0, 0.05) is 11.1 Å². The second-order valence-corrected chi connectivity index (χ2v) is 6.43. The first-order valence-electron chi connectivity index (χ1n) is 7.92. The van der Waals surface area contributed by atoms with Crippen molar-refractivity contribution >= 4 is 46.0 Å². The number of benzene rings is 1. The fraction of sp³-hybridized carbons (Fsp3) is 0.167. The quantitative estimate of drug-likeness (QED) is 0.669. The lowest BCUT2D eigenvalue weighted by atomic mass is 10.2. The maximum Gasteiger partial charge on any atom is 0.321 e. The summed E-state index contributed by atoms with van der Waals surface area (Å²) in [6.45, 7) is 1.55. The molecule has 0 saturated carbocycles. The van der Waals surface area contributed by atoms with Crippen LogP contribution in [-0.2, 0) is 11.3 Å². The van der Waals surface area contributed by atoms with E-state index >= 15 is 0 Å². The van der Waals surface area contributed by atoms with Crippen LogP contribution in [0, 0.1) is 6.92 Å². The Balaban J connectivity index is 1.63. The predicted molar refractivity (Wildman–Crippen MR) is 101 cm³/mol. The lowest BCUT2D eigenvalue weighted by molar-refractivity contribution is -0.121. The first-order chi connectivity index (χ1) is 12.9. The van der Waals surface area contributed by atoms with Crippen molar-refractivity contribution in [2.24, 2.45) is 0 Å². The number of rotatable bonds is 5. The van der Waals surface area contributed by atoms with Gasteiger partial charge in [0.1, 0.15) is 11.3 Å². The number of aromatic nitrogens is 1. The highest BCUT2D eigenvalue weighted by molar-refractivity contribution is 6.39. The van der Waals surface area contributed by atoms with Gasteiger partial charge in [-0.05, 0) is 37.3 Å². The average Bonchev–Trinajstić information content (AvgIpc) is 3.13. The molecule has 0 aliphatic heterocycles. The van der Waals surface area contributed by atoms with Crippen LogP contribution in [0.25, 0.3) is 10.9 Å². The molecule has 3 rings (SSSR count). The number of carbonyl (C=O) groups is 2. The Hall–Kier alpha value is -2.77. The Labute approximate surface area is 164 Å². The molecule has 2 N–H and O–H groups in total. The number of nitrogens with zero attached hydrogens (tertiary/aromatic N) is 1. The van der Waals surface area contributed by atoms with E-state index in [4.69, 9.17) is 32.4 Å². The number of fused-ring (bicyclic) bond motifs is 1. The molecule has 3 aromatic rings. The Kier molecular flexibility index (Phi) is 5.83. The number of aryl methyl sites for hydroxylation is 1. The molecule has 140 valence electrons. The maximum absolute atomic E-state index is 12.0. The van der Waals surface area contributed by atoms with E-state index in [0.29, 0.717) is 21.7 Å². The summed E-state index contributed by atoms with van der Waals surface area (Å²) in [6.07, 6.45) is 1.49. The highest BCUT2D eigenvalue weighted by atomic mass is 35.5. The minimum atomic E-state index is -0.666. The lowest BCUT2D eigenvalue weighted by Crippen LogP contribution is -2.41. The number of ether oxygens (including phenoxy) is 1. The van der Waals surface area contributed by atoms with Crippen LogP contribution in [0.4, 0.5) is 4.79 Å². The summed E-state index contributed by atoms with van der Waals surface area (Å²) in [5, 5.41) is 5.95. The molecular formula is C18H15Cl2N3O4. The van der Waals surface area contributed by atoms with Crippen LogP contribution in [-0.4, -0.2) is 23.5 Å². The topological polar surface area (TPSA) is 93.5 Å². The third-order valence-corrected chi connectivity index (χ3v) is 4.17. The molecule has 0 saturated heterocycles. The summed E-state index contributed by atoms with van der Waals surface area (Å²) >= 11 is 12.4. The van der Waals surface area contributed by atoms with Gasteiger partial charge >= 0.3 is 6.03 Å². The number of halogens is 2. The molecule has 0 spiro atoms. The molecule has 27 heavy (non-hydrogen) atoms. The molecule has 2 heterocycles. The van der Waals surface area contributed by atoms with E-state index in [2.05, 4.69) is 15.6 Å². The molecule has 0 bridgehead atoms. The average molecular weight is 408 g/mol. The summed E-state index contributed by atoms with van der Waals surface area (Å²) < 4.78 is 10.6. The molecule has 0 unspecified atom stereocenters. The van der Waals surface area contributed by atoms with Crippen LogP contribution in [0.15, 0.2) is 41.0 Å². The zero-order valence-electron chi connectivity index (χ0n) is 14.2. The van der Waals surface area contributed by atoms with Gasteiger partial charge in [0.25, 0.3) is 5.91 Å². The molecule has 3 amide bonds. The normalized spacial score (nSPS) is 10.6. The third kappa shape index (κ3) is 4.69. The second-order valence-electron chi connectivity index (χ2n) is 5.62. The smallest absolute Gasteiger partial charge is 0.321 e. The largest absolute Gasteiger partial charge is 0.480 e. The minimum absolute atomic E-state index is 0.157. The van der Waals surface area contributed by atoms with Crippen molar-refractivity contribution in [1.82, 2.24) is 15.6 Å². The van der Waals surface area contributed by atoms with Gasteiger partial charge < -0.3 is 14.5 Å². The molecule has 0 radical (unpaired) electrons. The van der Waals surface area contributed by atoms with Gasteiger partial charge in [0.15, 0.2) is 12.4 Å². The number of furan rings is 1. The zero-order chi connectivity index (χ0) is 19.4. The Morgan fingerprint density at radius 3 is 2.78 bits per heavy atom. The number of imide groups is 1. The Bertz CT molecular complexity index is 990. The standard InChI is InChI=1S/C18H15Cl2N3O4/c1-10-4-5-12-13(19)7-14(20)17(16(12)22-10)27-9-15(24)23-18(25)21-8-11-3-2-6-26-11/h2-7H,8-9H2,1H3,(H2,21,23,24,25). The molecule has 0 atom stereocenters. The molecule has 0 aliphatic carbocycles. The third-order valence-electron chi connectivity index (χ3n) is 3.58. The summed E-state index contributed by atoms with van der Waals surface area (Å²) in [6, 6.07) is 7.86. The molecule has 7 nitrogen and oxygen atoms in total. The first kappa shape index (κ1) is 19.0. The monoisotopic (exact) mass is 407 g/mol. The fourth-order valence-electron chi connectivity index (χ4n) is 2.35. The van der Waals surface area contributed by atoms with E-state index < -0.39 is 18.5 Å². The van der Waals surface area contributed by atoms with Gasteiger partial charge in [-0.3, -0.25) is 10.1 Å². The van der Waals surface area contributed by atoms with Gasteiger partial charge in [0.2, 0.25) is 0 Å². The van der Waals surface area contributed by atoms with E-state index in [1.807, 2.05) is 13.0 Å². The van der Waals surface area contributed by atoms with Gasteiger partial charge in [-0.1, -0.05) is 23.2 Å². The summed E-state index contributed by atoms with van der Waals surface area (Å²) in [5.74, 6) is 0.152. The SMILES string of the molecule is Cc1ccc2c(Cl)cc(Cl)c(OCC(=O)NC(=O)NCc3ccco3)c2n1. The lowest BCUT2D eigenvalue weighted by Gasteiger charge is -2.12. The Morgan fingerprint density at radius 1 is 1.22 bits per heavy atom. The number of pyridine rings is 1. The maximum atomic E-state index is 12.0. The Morgan fingerprint density at radius 2 is 2.04 bits per heavy atom. The van der Waals surface area contributed by atoms with Crippen LogP contribution in [0.5, 0.6) is 5.75 Å². The van der Waals surface area contributed by atoms with Gasteiger partial charge in [0.05, 0.1) is 22.9 Å². The summed E-state index contributed by atoms with van der Waals surface area (Å²) in [4.78, 5) is 28.1. The molecule has 9 heteroatoms. The van der Waals surface area contributed by atoms with Crippen molar-refractivity contribution in [2.45, 2.75) is 13.5 Å². The summed E-state index contributed by atoms with van der Waals surface area (Å²) in [5.41, 5.74) is 1.19. The molecule has 0 aliphatic rings. The summed E-state index contributed by atoms with van der Waals surface area (Å²) in [7, 11) is 0. The van der Waals surface area contributed by atoms with Crippen molar-refractivity contribution < 1.29 is 18.7 Å². The van der Waals surface area contributed by atoms with E-state index in [1.165, 1.54) is 12.3 Å². The number of amides is 3. The number of urea groups is 1. The number of hydrogen-bond donors (Lipinski definition) is 2. The van der Waals surface area contributed by atoms with E-state index in [0.717, 1.165) is 5.69 Å². The number of nitrogens with one attached hydrogen (secondary N) is 2. The van der Waals surface area contributed by atoms with Gasteiger partial charge in [-0.2, -0.15) is 0 Å². The van der Waals surface area contributed by atoms with Gasteiger partial charge in [-0.25, -0.2) is 9.78 Å². The van der Waals surface area contributed by atoms with Crippen LogP contribution in [0.2, 0.25) is 10.0 Å². The predicted octanol–water partition coefficient (Wildman–Crippen LogP) is 3.85. The van der Waals surface area contributed by atoms with Crippen molar-refractivity contribution in [3.8, 4) is 5.75 Å². The van der Waals surface area contributed by atoms with E-state index in [-0.39, 0.29) is 17.3 Å². The molecule has 1 aromatic carbocycles. The first-order valence-corrected chi connectivity index (χ1v) is 8.68. The second kappa shape index (κ2) is 8.28. The number of carbonyl (C=O) groups excluding carboxylic acids is 2. The fourth-order valence-corrected chi connectivity index (χ4v) is 2.92. The van der Waals surface area contributed by atoms with Crippen molar-refractivity contribution in [3.05, 3.63) is 58.1 Å². The van der Waals surface area contributed by atoms with Gasteiger partial charge in [-0.15, -0.1) is 0 Å². The zero-order valence-corrected chi connectivity index (χ0v) is 15.7. The van der Waals surface area contributed by atoms with Crippen LogP contribution >= 0.6 is 23.2 Å². The molecule has 0 fully saturated rings. The molecular weight excluding hydrogens is 393 g/mol. The highest BCUT2D eigenvalue weighted by Crippen LogP contribution is 2.37. The van der Waals surface area contributed by atoms with Crippen molar-refractivity contribution in [2.75, 3.05) is 6.61 Å². The van der Waals surface area contributed by atoms with E-state index in [9.17, 15) is 9.59 Å². The van der Waals surface area contributed by atoms with E-state index in [1.54, 1.807) is 18.2 Å². The van der Waals surface area contributed by atoms with Crippen LogP contribution in [0.3, 0.4) is 0 Å². The van der Waals surface area contributed by atoms with Crippen molar-refractivity contribution in [1.29, 1.82) is 0 Å². The minimum Gasteiger partial charge on any atom is -0.480 e. The van der Waals surface area contributed by atoms with Crippen molar-refractivity contribution in [3.63, 3.8) is 0 Å². The van der Waals surface area contributed by atoms with Crippen LogP contribution < -0.4 is 15.4 Å². The van der Waals surface area contributed by atoms with Crippen LogP contribution in [0.1, 0.15) is 11.5 Å². The highest BCUT2D eigenvalue weighted by Gasteiger charge is 2.15. The molecule has 2 aromatic heterocycles.